The van der Waals surface area contributed by atoms with Gasteiger partial charge < -0.3 is 14.8 Å². The summed E-state index contributed by atoms with van der Waals surface area (Å²) >= 11 is 0. The van der Waals surface area contributed by atoms with Crippen molar-refractivity contribution in [3.05, 3.63) is 22.6 Å². The number of nitrogens with zero attached hydrogens (tertiary/aromatic N) is 1. The van der Waals surface area contributed by atoms with E-state index < -0.39 is 5.97 Å². The van der Waals surface area contributed by atoms with Crippen LogP contribution in [0.1, 0.15) is 10.4 Å². The summed E-state index contributed by atoms with van der Waals surface area (Å²) in [6.07, 6.45) is 0. The Morgan fingerprint density at radius 1 is 1.38 bits per heavy atom. The van der Waals surface area contributed by atoms with Crippen LogP contribution in [0, 0.1) is 4.91 Å². The zero-order valence-electron chi connectivity index (χ0n) is 9.23. The Morgan fingerprint density at radius 3 is 2.50 bits per heavy atom. The number of benzene rings is 1. The van der Waals surface area contributed by atoms with Gasteiger partial charge in [-0.1, -0.05) is 0 Å². The van der Waals surface area contributed by atoms with Crippen molar-refractivity contribution < 1.29 is 14.3 Å². The van der Waals surface area contributed by atoms with Crippen molar-refractivity contribution >= 4 is 17.3 Å². The zero-order chi connectivity index (χ0) is 12.1. The van der Waals surface area contributed by atoms with E-state index in [-0.39, 0.29) is 11.3 Å². The van der Waals surface area contributed by atoms with E-state index in [1.807, 2.05) is 0 Å². The Bertz CT molecular complexity index is 418. The molecule has 1 aromatic rings. The lowest BCUT2D eigenvalue weighted by molar-refractivity contribution is 0.0597. The van der Waals surface area contributed by atoms with Crippen molar-refractivity contribution in [3.63, 3.8) is 0 Å². The van der Waals surface area contributed by atoms with Crippen LogP contribution in [0.25, 0.3) is 0 Å². The number of nitrogens with one attached hydrogen (secondary N) is 1. The van der Waals surface area contributed by atoms with Crippen LogP contribution in [0.2, 0.25) is 0 Å². The van der Waals surface area contributed by atoms with Crippen molar-refractivity contribution in [2.75, 3.05) is 26.6 Å². The maximum Gasteiger partial charge on any atom is 0.341 e. The second-order valence-corrected chi connectivity index (χ2v) is 2.90. The normalized spacial score (nSPS) is 9.44. The first-order valence-corrected chi connectivity index (χ1v) is 4.49. The number of rotatable bonds is 4. The minimum absolute atomic E-state index is 0.128. The number of carbonyl (C=O) groups excluding carboxylic acids is 1. The highest BCUT2D eigenvalue weighted by Crippen LogP contribution is 2.33. The highest BCUT2D eigenvalue weighted by atomic mass is 16.5. The fraction of sp³-hybridized carbons (Fsp3) is 0.300. The van der Waals surface area contributed by atoms with Crippen molar-refractivity contribution in [2.24, 2.45) is 5.18 Å². The lowest BCUT2D eigenvalue weighted by Crippen LogP contribution is -2.04. The van der Waals surface area contributed by atoms with Crippen LogP contribution in [-0.4, -0.2) is 27.2 Å². The number of esters is 1. The van der Waals surface area contributed by atoms with E-state index in [9.17, 15) is 9.70 Å². The van der Waals surface area contributed by atoms with Crippen molar-refractivity contribution in [2.45, 2.75) is 0 Å². The summed E-state index contributed by atoms with van der Waals surface area (Å²) in [7, 11) is 4.32. The average molecular weight is 224 g/mol. The zero-order valence-corrected chi connectivity index (χ0v) is 9.23. The molecule has 86 valence electrons. The van der Waals surface area contributed by atoms with Gasteiger partial charge in [-0.15, -0.1) is 4.91 Å². The van der Waals surface area contributed by atoms with Crippen molar-refractivity contribution in [1.29, 1.82) is 0 Å². The fourth-order valence-electron chi connectivity index (χ4n) is 1.28. The highest BCUT2D eigenvalue weighted by molar-refractivity contribution is 5.95. The summed E-state index contributed by atoms with van der Waals surface area (Å²) < 4.78 is 9.59. The predicted octanol–water partition coefficient (Wildman–Crippen LogP) is 1.92. The fourth-order valence-corrected chi connectivity index (χ4v) is 1.28. The van der Waals surface area contributed by atoms with Crippen LogP contribution in [0.4, 0.5) is 11.4 Å². The van der Waals surface area contributed by atoms with E-state index in [4.69, 9.17) is 4.74 Å². The molecule has 0 aliphatic carbocycles. The van der Waals surface area contributed by atoms with Crippen LogP contribution in [0.15, 0.2) is 17.3 Å². The van der Waals surface area contributed by atoms with E-state index in [2.05, 4.69) is 15.2 Å². The van der Waals surface area contributed by atoms with Gasteiger partial charge in [-0.3, -0.25) is 0 Å². The quantitative estimate of drug-likeness (QED) is 0.624. The van der Waals surface area contributed by atoms with Gasteiger partial charge in [0.2, 0.25) is 0 Å². The summed E-state index contributed by atoms with van der Waals surface area (Å²) in [5, 5.41) is 5.60. The van der Waals surface area contributed by atoms with Crippen LogP contribution < -0.4 is 10.1 Å². The van der Waals surface area contributed by atoms with E-state index in [0.717, 1.165) is 0 Å². The third kappa shape index (κ3) is 2.10. The maximum atomic E-state index is 11.4. The lowest BCUT2D eigenvalue weighted by Gasteiger charge is -2.10. The van der Waals surface area contributed by atoms with Crippen LogP contribution >= 0.6 is 0 Å². The van der Waals surface area contributed by atoms with Gasteiger partial charge >= 0.3 is 5.97 Å². The summed E-state index contributed by atoms with van der Waals surface area (Å²) in [5.41, 5.74) is 0.779. The number of hydrogen-bond acceptors (Lipinski definition) is 6. The molecule has 6 nitrogen and oxygen atoms in total. The largest absolute Gasteiger partial charge is 0.496 e. The van der Waals surface area contributed by atoms with Crippen LogP contribution in [0.3, 0.4) is 0 Å². The maximum absolute atomic E-state index is 11.4. The SMILES string of the molecule is CNc1cc(OC)c(C(=O)OC)cc1N=O. The first-order valence-electron chi connectivity index (χ1n) is 4.49. The topological polar surface area (TPSA) is 77.0 Å². The Labute approximate surface area is 92.5 Å². The number of methoxy groups -OCH3 is 2. The molecule has 0 saturated carbocycles. The molecule has 6 heteroatoms. The van der Waals surface area contributed by atoms with Gasteiger partial charge in [0.05, 0.1) is 19.9 Å². The third-order valence-electron chi connectivity index (χ3n) is 2.09. The molecule has 0 atom stereocenters. The Balaban J connectivity index is 3.37. The van der Waals surface area contributed by atoms with E-state index in [1.165, 1.54) is 26.4 Å². The number of anilines is 1. The molecule has 16 heavy (non-hydrogen) atoms. The summed E-state index contributed by atoms with van der Waals surface area (Å²) in [6, 6.07) is 2.84. The molecule has 0 aliphatic rings. The molecule has 1 aromatic carbocycles. The molecule has 0 amide bonds. The third-order valence-corrected chi connectivity index (χ3v) is 2.09. The lowest BCUT2D eigenvalue weighted by atomic mass is 10.1. The number of hydrogen-bond donors (Lipinski definition) is 1. The standard InChI is InChI=1S/C10H12N2O4/c1-11-7-5-9(15-2)6(10(13)16-3)4-8(7)12-14/h4-5,11H,1-3H3. The van der Waals surface area contributed by atoms with Gasteiger partial charge in [0.15, 0.2) is 0 Å². The number of nitroso groups, excluding NO2 is 1. The first kappa shape index (κ1) is 12.0. The van der Waals surface area contributed by atoms with E-state index >= 15 is 0 Å². The molecule has 0 fully saturated rings. The molecule has 0 bridgehead atoms. The van der Waals surface area contributed by atoms with Crippen LogP contribution in [0.5, 0.6) is 5.75 Å². The molecule has 0 heterocycles. The van der Waals surface area contributed by atoms with Gasteiger partial charge in [0, 0.05) is 13.1 Å². The molecule has 1 N–H and O–H groups in total. The summed E-state index contributed by atoms with van der Waals surface area (Å²) in [4.78, 5) is 22.0. The molecule has 0 unspecified atom stereocenters. The second-order valence-electron chi connectivity index (χ2n) is 2.90. The molecule has 0 aliphatic heterocycles. The number of ether oxygens (including phenoxy) is 2. The minimum atomic E-state index is -0.579. The molecule has 0 spiro atoms. The first-order chi connectivity index (χ1) is 7.67. The second kappa shape index (κ2) is 5.11. The number of carbonyl (C=O) groups is 1. The van der Waals surface area contributed by atoms with Crippen LogP contribution in [-0.2, 0) is 4.74 Å². The molecule has 1 rings (SSSR count). The van der Waals surface area contributed by atoms with Crippen molar-refractivity contribution in [1.82, 2.24) is 0 Å². The van der Waals surface area contributed by atoms with Gasteiger partial charge in [0.25, 0.3) is 0 Å². The smallest absolute Gasteiger partial charge is 0.341 e. The Hall–Kier alpha value is -2.11. The summed E-state index contributed by atoms with van der Waals surface area (Å²) in [5.74, 6) is -0.256. The Kier molecular flexibility index (Phi) is 3.82. The molecule has 0 saturated heterocycles. The van der Waals surface area contributed by atoms with Gasteiger partial charge in [-0.25, -0.2) is 4.79 Å². The Morgan fingerprint density at radius 2 is 2.06 bits per heavy atom. The van der Waals surface area contributed by atoms with E-state index in [0.29, 0.717) is 11.4 Å². The molecule has 0 aromatic heterocycles. The van der Waals surface area contributed by atoms with E-state index in [1.54, 1.807) is 7.05 Å². The minimum Gasteiger partial charge on any atom is -0.496 e. The molecule has 0 radical (unpaired) electrons. The molecular formula is C10H12N2O4. The molecular weight excluding hydrogens is 212 g/mol. The van der Waals surface area contributed by atoms with Gasteiger partial charge in [0.1, 0.15) is 17.0 Å². The highest BCUT2D eigenvalue weighted by Gasteiger charge is 2.16. The van der Waals surface area contributed by atoms with Gasteiger partial charge in [-0.2, -0.15) is 0 Å². The monoisotopic (exact) mass is 224 g/mol. The summed E-state index contributed by atoms with van der Waals surface area (Å²) in [6.45, 7) is 0. The predicted molar refractivity (Wildman–Crippen MR) is 59.3 cm³/mol. The van der Waals surface area contributed by atoms with Crippen molar-refractivity contribution in [3.8, 4) is 5.75 Å². The van der Waals surface area contributed by atoms with Gasteiger partial charge in [-0.05, 0) is 11.2 Å². The average Bonchev–Trinajstić information content (AvgIpc) is 2.35.